The molecule has 0 saturated heterocycles. The van der Waals surface area contributed by atoms with E-state index in [2.05, 4.69) is 25.3 Å². The molecule has 1 aromatic carbocycles. The maximum absolute atomic E-state index is 5.96. The highest BCUT2D eigenvalue weighted by Gasteiger charge is 2.14. The summed E-state index contributed by atoms with van der Waals surface area (Å²) in [5.41, 5.74) is 1.21. The van der Waals surface area contributed by atoms with E-state index in [0.29, 0.717) is 6.54 Å². The Morgan fingerprint density at radius 2 is 1.87 bits per heavy atom. The summed E-state index contributed by atoms with van der Waals surface area (Å²) in [6.07, 6.45) is 4.54. The Kier molecular flexibility index (Phi) is 4.81. The predicted molar refractivity (Wildman–Crippen MR) is 65.1 cm³/mol. The molecule has 0 spiro atoms. The van der Waals surface area contributed by atoms with Crippen molar-refractivity contribution in [2.24, 2.45) is 5.84 Å². The van der Waals surface area contributed by atoms with Gasteiger partial charge < -0.3 is 0 Å². The van der Waals surface area contributed by atoms with Gasteiger partial charge in [0.1, 0.15) is 0 Å². The number of hydrazine groups is 1. The maximum atomic E-state index is 5.96. The van der Waals surface area contributed by atoms with E-state index in [0.717, 1.165) is 6.42 Å². The lowest BCUT2D eigenvalue weighted by Crippen LogP contribution is -2.35. The third-order valence-corrected chi connectivity index (χ3v) is 2.31. The molecule has 15 heavy (non-hydrogen) atoms. The summed E-state index contributed by atoms with van der Waals surface area (Å²) < 4.78 is 0. The average molecular weight is 202 g/mol. The van der Waals surface area contributed by atoms with Gasteiger partial charge in [-0.3, -0.25) is 5.84 Å². The third kappa shape index (κ3) is 3.35. The van der Waals surface area contributed by atoms with Crippen molar-refractivity contribution in [1.29, 1.82) is 0 Å². The molecule has 2 heteroatoms. The summed E-state index contributed by atoms with van der Waals surface area (Å²) in [7, 11) is 0. The SMILES string of the molecule is C=CCC(c1ccccc1)N(N)CC=C. The minimum Gasteiger partial charge on any atom is -0.268 e. The average Bonchev–Trinajstić information content (AvgIpc) is 2.27. The standard InChI is InChI=1S/C13H18N2/c1-3-8-13(15(14)11-4-2)12-9-6-5-7-10-12/h3-7,9-10,13H,1-2,8,11,14H2. The van der Waals surface area contributed by atoms with Crippen LogP contribution in [0.1, 0.15) is 18.0 Å². The summed E-state index contributed by atoms with van der Waals surface area (Å²) >= 11 is 0. The van der Waals surface area contributed by atoms with Crippen LogP contribution in [0.5, 0.6) is 0 Å². The van der Waals surface area contributed by atoms with Crippen molar-refractivity contribution in [3.63, 3.8) is 0 Å². The van der Waals surface area contributed by atoms with E-state index >= 15 is 0 Å². The molecule has 2 nitrogen and oxygen atoms in total. The van der Waals surface area contributed by atoms with E-state index < -0.39 is 0 Å². The van der Waals surface area contributed by atoms with Crippen molar-refractivity contribution in [1.82, 2.24) is 5.01 Å². The smallest absolute Gasteiger partial charge is 0.0528 e. The molecular weight excluding hydrogens is 184 g/mol. The van der Waals surface area contributed by atoms with Gasteiger partial charge in [0.15, 0.2) is 0 Å². The van der Waals surface area contributed by atoms with Crippen molar-refractivity contribution < 1.29 is 0 Å². The van der Waals surface area contributed by atoms with Crippen LogP contribution >= 0.6 is 0 Å². The fourth-order valence-corrected chi connectivity index (χ4v) is 1.57. The Balaban J connectivity index is 2.82. The molecular formula is C13H18N2. The zero-order valence-electron chi connectivity index (χ0n) is 8.97. The molecule has 0 aromatic heterocycles. The second-order valence-electron chi connectivity index (χ2n) is 3.44. The number of nitrogens with zero attached hydrogens (tertiary/aromatic N) is 1. The van der Waals surface area contributed by atoms with Crippen molar-refractivity contribution in [2.75, 3.05) is 6.54 Å². The van der Waals surface area contributed by atoms with E-state index in [4.69, 9.17) is 5.84 Å². The molecule has 0 fully saturated rings. The fraction of sp³-hybridized carbons (Fsp3) is 0.231. The van der Waals surface area contributed by atoms with Gasteiger partial charge in [0.05, 0.1) is 6.04 Å². The van der Waals surface area contributed by atoms with Crippen LogP contribution in [0.15, 0.2) is 55.6 Å². The fourth-order valence-electron chi connectivity index (χ4n) is 1.57. The first kappa shape index (κ1) is 11.7. The van der Waals surface area contributed by atoms with Crippen molar-refractivity contribution in [3.8, 4) is 0 Å². The van der Waals surface area contributed by atoms with Gasteiger partial charge in [-0.05, 0) is 12.0 Å². The van der Waals surface area contributed by atoms with Gasteiger partial charge in [0.25, 0.3) is 0 Å². The van der Waals surface area contributed by atoms with Crippen molar-refractivity contribution in [2.45, 2.75) is 12.5 Å². The first-order valence-electron chi connectivity index (χ1n) is 5.07. The Labute approximate surface area is 91.7 Å². The van der Waals surface area contributed by atoms with Gasteiger partial charge in [0, 0.05) is 6.54 Å². The highest BCUT2D eigenvalue weighted by Crippen LogP contribution is 2.21. The zero-order valence-corrected chi connectivity index (χ0v) is 8.97. The molecule has 2 N–H and O–H groups in total. The van der Waals surface area contributed by atoms with Gasteiger partial charge in [-0.25, -0.2) is 5.01 Å². The summed E-state index contributed by atoms with van der Waals surface area (Å²) in [4.78, 5) is 0. The molecule has 0 aliphatic heterocycles. The Morgan fingerprint density at radius 1 is 1.20 bits per heavy atom. The lowest BCUT2D eigenvalue weighted by molar-refractivity contribution is 0.226. The Morgan fingerprint density at radius 3 is 2.40 bits per heavy atom. The van der Waals surface area contributed by atoms with Crippen LogP contribution in [0.2, 0.25) is 0 Å². The quantitative estimate of drug-likeness (QED) is 0.436. The minimum absolute atomic E-state index is 0.182. The van der Waals surface area contributed by atoms with Gasteiger partial charge in [0.2, 0.25) is 0 Å². The Hall–Kier alpha value is -1.38. The molecule has 0 bridgehead atoms. The number of benzene rings is 1. The van der Waals surface area contributed by atoms with Crippen LogP contribution in [0, 0.1) is 0 Å². The van der Waals surface area contributed by atoms with E-state index in [1.165, 1.54) is 5.56 Å². The predicted octanol–water partition coefficient (Wildman–Crippen LogP) is 2.67. The van der Waals surface area contributed by atoms with E-state index in [-0.39, 0.29) is 6.04 Å². The van der Waals surface area contributed by atoms with Crippen molar-refractivity contribution in [3.05, 3.63) is 61.2 Å². The zero-order chi connectivity index (χ0) is 11.1. The minimum atomic E-state index is 0.182. The summed E-state index contributed by atoms with van der Waals surface area (Å²) in [6.45, 7) is 8.12. The van der Waals surface area contributed by atoms with Gasteiger partial charge in [-0.1, -0.05) is 42.5 Å². The summed E-state index contributed by atoms with van der Waals surface area (Å²) in [5, 5.41) is 1.78. The van der Waals surface area contributed by atoms with Crippen molar-refractivity contribution >= 4 is 0 Å². The number of hydrogen-bond acceptors (Lipinski definition) is 2. The molecule has 0 aliphatic carbocycles. The van der Waals surface area contributed by atoms with Gasteiger partial charge in [-0.2, -0.15) is 0 Å². The molecule has 1 unspecified atom stereocenters. The van der Waals surface area contributed by atoms with Crippen LogP contribution in [0.25, 0.3) is 0 Å². The highest BCUT2D eigenvalue weighted by atomic mass is 15.4. The second kappa shape index (κ2) is 6.17. The van der Waals surface area contributed by atoms with E-state index in [9.17, 15) is 0 Å². The molecule has 0 amide bonds. The molecule has 0 saturated carbocycles. The van der Waals surface area contributed by atoms with E-state index in [1.54, 1.807) is 11.1 Å². The first-order valence-corrected chi connectivity index (χ1v) is 5.07. The number of nitrogens with two attached hydrogens (primary N) is 1. The molecule has 1 rings (SSSR count). The molecule has 0 aliphatic rings. The largest absolute Gasteiger partial charge is 0.268 e. The molecule has 1 aromatic rings. The monoisotopic (exact) mass is 202 g/mol. The highest BCUT2D eigenvalue weighted by molar-refractivity contribution is 5.19. The number of rotatable bonds is 6. The Bertz CT molecular complexity index is 306. The van der Waals surface area contributed by atoms with Crippen LogP contribution in [0.3, 0.4) is 0 Å². The summed E-state index contributed by atoms with van der Waals surface area (Å²) in [6, 6.07) is 10.4. The normalized spacial score (nSPS) is 12.4. The third-order valence-electron chi connectivity index (χ3n) is 2.31. The van der Waals surface area contributed by atoms with Crippen LogP contribution in [-0.4, -0.2) is 11.6 Å². The van der Waals surface area contributed by atoms with Gasteiger partial charge in [-0.15, -0.1) is 13.2 Å². The second-order valence-corrected chi connectivity index (χ2v) is 3.44. The molecule has 1 atom stereocenters. The topological polar surface area (TPSA) is 29.3 Å². The van der Waals surface area contributed by atoms with E-state index in [1.807, 2.05) is 24.3 Å². The lowest BCUT2D eigenvalue weighted by atomic mass is 10.0. The summed E-state index contributed by atoms with van der Waals surface area (Å²) in [5.74, 6) is 5.96. The van der Waals surface area contributed by atoms with Gasteiger partial charge >= 0.3 is 0 Å². The molecule has 80 valence electrons. The maximum Gasteiger partial charge on any atom is 0.0528 e. The lowest BCUT2D eigenvalue weighted by Gasteiger charge is -2.25. The van der Waals surface area contributed by atoms with Crippen LogP contribution < -0.4 is 5.84 Å². The number of hydrogen-bond donors (Lipinski definition) is 1. The van der Waals surface area contributed by atoms with Crippen LogP contribution in [-0.2, 0) is 0 Å². The molecule has 0 heterocycles. The van der Waals surface area contributed by atoms with Crippen LogP contribution in [0.4, 0.5) is 0 Å². The first-order chi connectivity index (χ1) is 7.29. The molecule has 0 radical (unpaired) electrons.